The molecule has 1 saturated carbocycles. The van der Waals surface area contributed by atoms with Crippen LogP contribution >= 0.6 is 0 Å². The van der Waals surface area contributed by atoms with E-state index in [4.69, 9.17) is 5.73 Å². The Bertz CT molecular complexity index is 1280. The van der Waals surface area contributed by atoms with Gasteiger partial charge in [-0.2, -0.15) is 13.2 Å². The molecule has 0 unspecified atom stereocenters. The minimum Gasteiger partial charge on any atom is -0.366 e. The van der Waals surface area contributed by atoms with Crippen LogP contribution in [0.4, 0.5) is 30.6 Å². The maximum absolute atomic E-state index is 13.2. The van der Waals surface area contributed by atoms with Crippen LogP contribution in [-0.4, -0.2) is 36.6 Å². The van der Waals surface area contributed by atoms with Crippen molar-refractivity contribution in [3.8, 4) is 11.3 Å². The van der Waals surface area contributed by atoms with Crippen LogP contribution in [0.25, 0.3) is 16.9 Å². The van der Waals surface area contributed by atoms with E-state index in [1.165, 1.54) is 30.6 Å². The van der Waals surface area contributed by atoms with E-state index < -0.39 is 11.7 Å². The molecule has 1 aliphatic carbocycles. The second kappa shape index (κ2) is 8.90. The van der Waals surface area contributed by atoms with Gasteiger partial charge in [0.05, 0.1) is 23.1 Å². The van der Waals surface area contributed by atoms with Crippen LogP contribution in [0.2, 0.25) is 0 Å². The van der Waals surface area contributed by atoms with Crippen molar-refractivity contribution in [1.29, 1.82) is 0 Å². The summed E-state index contributed by atoms with van der Waals surface area (Å²) in [4.78, 5) is 12.8. The molecule has 0 aliphatic heterocycles. The van der Waals surface area contributed by atoms with Crippen molar-refractivity contribution in [3.05, 3.63) is 60.6 Å². The molecular formula is C23H23F3N8. The van der Waals surface area contributed by atoms with Crippen LogP contribution in [0.5, 0.6) is 0 Å². The van der Waals surface area contributed by atoms with Gasteiger partial charge in [0.1, 0.15) is 5.82 Å². The fourth-order valence-electron chi connectivity index (χ4n) is 4.10. The SMILES string of the molecule is NC1CCC(Nc2ccc3ncc(-c4cnc(Nc5ccccc5C(F)(F)F)nc4)n3n2)CC1. The molecule has 176 valence electrons. The Kier molecular flexibility index (Phi) is 5.78. The van der Waals surface area contributed by atoms with Gasteiger partial charge in [-0.25, -0.2) is 19.5 Å². The van der Waals surface area contributed by atoms with Crippen LogP contribution < -0.4 is 16.4 Å². The highest BCUT2D eigenvalue weighted by atomic mass is 19.4. The van der Waals surface area contributed by atoms with E-state index >= 15 is 0 Å². The van der Waals surface area contributed by atoms with Crippen molar-refractivity contribution in [2.45, 2.75) is 43.9 Å². The fourth-order valence-corrected chi connectivity index (χ4v) is 4.10. The van der Waals surface area contributed by atoms with Crippen molar-refractivity contribution < 1.29 is 13.2 Å². The lowest BCUT2D eigenvalue weighted by Crippen LogP contribution is -2.33. The molecule has 1 fully saturated rings. The number of halogens is 3. The van der Waals surface area contributed by atoms with Crippen molar-refractivity contribution >= 4 is 23.1 Å². The Morgan fingerprint density at radius 3 is 2.38 bits per heavy atom. The Balaban J connectivity index is 1.36. The molecule has 0 saturated heterocycles. The highest BCUT2D eigenvalue weighted by Crippen LogP contribution is 2.35. The van der Waals surface area contributed by atoms with Gasteiger partial charge in [0.15, 0.2) is 5.65 Å². The first-order valence-electron chi connectivity index (χ1n) is 11.0. The van der Waals surface area contributed by atoms with E-state index in [9.17, 15) is 13.2 Å². The zero-order chi connectivity index (χ0) is 23.7. The summed E-state index contributed by atoms with van der Waals surface area (Å²) in [6.45, 7) is 0. The summed E-state index contributed by atoms with van der Waals surface area (Å²) in [6, 6.07) is 9.56. The van der Waals surface area contributed by atoms with Gasteiger partial charge in [-0.1, -0.05) is 12.1 Å². The van der Waals surface area contributed by atoms with Gasteiger partial charge in [0.25, 0.3) is 0 Å². The minimum absolute atomic E-state index is 0.0556. The smallest absolute Gasteiger partial charge is 0.366 e. The number of benzene rings is 1. The number of nitrogens with two attached hydrogens (primary N) is 1. The molecule has 5 rings (SSSR count). The number of rotatable bonds is 5. The first-order valence-corrected chi connectivity index (χ1v) is 11.0. The number of alkyl halides is 3. The predicted octanol–water partition coefficient (Wildman–Crippen LogP) is 4.63. The van der Waals surface area contributed by atoms with Gasteiger partial charge in [-0.15, -0.1) is 5.10 Å². The quantitative estimate of drug-likeness (QED) is 0.392. The molecule has 3 aromatic heterocycles. The van der Waals surface area contributed by atoms with Gasteiger partial charge in [0.2, 0.25) is 5.95 Å². The van der Waals surface area contributed by atoms with Gasteiger partial charge in [0, 0.05) is 30.0 Å². The Morgan fingerprint density at radius 1 is 0.912 bits per heavy atom. The zero-order valence-corrected chi connectivity index (χ0v) is 18.1. The first-order chi connectivity index (χ1) is 16.4. The largest absolute Gasteiger partial charge is 0.418 e. The third kappa shape index (κ3) is 4.65. The second-order valence-corrected chi connectivity index (χ2v) is 8.35. The molecule has 8 nitrogen and oxygen atoms in total. The topological polar surface area (TPSA) is 106 Å². The molecule has 11 heteroatoms. The molecule has 1 aliphatic rings. The lowest BCUT2D eigenvalue weighted by atomic mass is 9.92. The molecule has 0 radical (unpaired) electrons. The third-order valence-corrected chi connectivity index (χ3v) is 5.91. The van der Waals surface area contributed by atoms with E-state index in [2.05, 4.69) is 30.7 Å². The van der Waals surface area contributed by atoms with Gasteiger partial charge < -0.3 is 16.4 Å². The van der Waals surface area contributed by atoms with Crippen LogP contribution in [0, 0.1) is 0 Å². The van der Waals surface area contributed by atoms with Crippen LogP contribution in [0.15, 0.2) is 55.0 Å². The zero-order valence-electron chi connectivity index (χ0n) is 18.1. The molecule has 0 spiro atoms. The number of para-hydroxylation sites is 1. The van der Waals surface area contributed by atoms with Crippen LogP contribution in [-0.2, 0) is 6.18 Å². The number of nitrogens with one attached hydrogen (secondary N) is 2. The maximum Gasteiger partial charge on any atom is 0.418 e. The van der Waals surface area contributed by atoms with Gasteiger partial charge in [-0.3, -0.25) is 0 Å². The van der Waals surface area contributed by atoms with Crippen LogP contribution in [0.1, 0.15) is 31.2 Å². The Labute approximate surface area is 193 Å². The summed E-state index contributed by atoms with van der Waals surface area (Å²) >= 11 is 0. The molecule has 0 amide bonds. The summed E-state index contributed by atoms with van der Waals surface area (Å²) in [6.07, 6.45) is 4.20. The Morgan fingerprint density at radius 2 is 1.65 bits per heavy atom. The van der Waals surface area contributed by atoms with Crippen molar-refractivity contribution in [3.63, 3.8) is 0 Å². The van der Waals surface area contributed by atoms with E-state index in [1.807, 2.05) is 12.1 Å². The lowest BCUT2D eigenvalue weighted by Gasteiger charge is -2.27. The highest BCUT2D eigenvalue weighted by Gasteiger charge is 2.33. The minimum atomic E-state index is -4.49. The van der Waals surface area contributed by atoms with E-state index in [0.717, 1.165) is 37.6 Å². The van der Waals surface area contributed by atoms with Gasteiger partial charge in [-0.05, 0) is 49.9 Å². The summed E-state index contributed by atoms with van der Waals surface area (Å²) in [7, 11) is 0. The lowest BCUT2D eigenvalue weighted by molar-refractivity contribution is -0.136. The van der Waals surface area contributed by atoms with Crippen LogP contribution in [0.3, 0.4) is 0 Å². The summed E-state index contributed by atoms with van der Waals surface area (Å²) in [5, 5.41) is 10.8. The molecule has 0 atom stereocenters. The van der Waals surface area contributed by atoms with E-state index in [0.29, 0.717) is 22.9 Å². The monoisotopic (exact) mass is 468 g/mol. The normalized spacial score (nSPS) is 18.7. The number of aromatic nitrogens is 5. The second-order valence-electron chi connectivity index (χ2n) is 8.35. The Hall–Kier alpha value is -3.73. The summed E-state index contributed by atoms with van der Waals surface area (Å²) in [5.41, 5.74) is 7.06. The van der Waals surface area contributed by atoms with Gasteiger partial charge >= 0.3 is 6.18 Å². The number of hydrogen-bond donors (Lipinski definition) is 3. The van der Waals surface area contributed by atoms with Crippen molar-refractivity contribution in [1.82, 2.24) is 24.6 Å². The maximum atomic E-state index is 13.2. The summed E-state index contributed by atoms with van der Waals surface area (Å²) in [5.74, 6) is 0.787. The number of hydrogen-bond acceptors (Lipinski definition) is 7. The number of imidazole rings is 1. The fraction of sp³-hybridized carbons (Fsp3) is 0.304. The molecule has 4 N–H and O–H groups in total. The molecule has 4 aromatic rings. The molecule has 3 heterocycles. The number of nitrogens with zero attached hydrogens (tertiary/aromatic N) is 5. The molecule has 34 heavy (non-hydrogen) atoms. The van der Waals surface area contributed by atoms with E-state index in [-0.39, 0.29) is 17.7 Å². The number of fused-ring (bicyclic) bond motifs is 1. The number of anilines is 3. The van der Waals surface area contributed by atoms with Crippen molar-refractivity contribution in [2.24, 2.45) is 5.73 Å². The predicted molar refractivity (Wildman–Crippen MR) is 123 cm³/mol. The average Bonchev–Trinajstić information content (AvgIpc) is 3.24. The third-order valence-electron chi connectivity index (χ3n) is 5.91. The first kappa shape index (κ1) is 22.1. The average molecular weight is 468 g/mol. The van der Waals surface area contributed by atoms with E-state index in [1.54, 1.807) is 10.7 Å². The molecule has 0 bridgehead atoms. The highest BCUT2D eigenvalue weighted by molar-refractivity contribution is 5.64. The molecular weight excluding hydrogens is 445 g/mol. The summed E-state index contributed by atoms with van der Waals surface area (Å²) < 4.78 is 41.4. The molecule has 1 aromatic carbocycles. The van der Waals surface area contributed by atoms with Crippen molar-refractivity contribution in [2.75, 3.05) is 10.6 Å². The standard InChI is InChI=1S/C23H23F3N8/c24-23(25,26)17-3-1-2-4-18(17)32-22-29-11-14(12-30-22)19-13-28-21-10-9-20(33-34(19)21)31-16-7-5-15(27)6-8-16/h1-4,9-13,15-16H,5-8,27H2,(H,31,33)(H,29,30,32).